The Morgan fingerprint density at radius 2 is 2.04 bits per heavy atom. The molecule has 5 rings (SSSR count). The highest BCUT2D eigenvalue weighted by Crippen LogP contribution is 2.43. The lowest BCUT2D eigenvalue weighted by Gasteiger charge is -2.30. The molecule has 0 radical (unpaired) electrons. The Kier molecular flexibility index (Phi) is 3.80. The lowest BCUT2D eigenvalue weighted by atomic mass is 10.0. The fraction of sp³-hybridized carbons (Fsp3) is 0.667. The van der Waals surface area contributed by atoms with E-state index in [9.17, 15) is 4.79 Å². The van der Waals surface area contributed by atoms with Gasteiger partial charge in [-0.05, 0) is 63.9 Å². The van der Waals surface area contributed by atoms with Gasteiger partial charge in [0.15, 0.2) is 0 Å². The van der Waals surface area contributed by atoms with Crippen molar-refractivity contribution in [2.75, 3.05) is 0 Å². The van der Waals surface area contributed by atoms with E-state index in [0.717, 1.165) is 60.9 Å². The second-order valence-electron chi connectivity index (χ2n) is 8.45. The van der Waals surface area contributed by atoms with Crippen molar-refractivity contribution in [3.8, 4) is 0 Å². The number of nitrogens with zero attached hydrogens (tertiary/aromatic N) is 3. The summed E-state index contributed by atoms with van der Waals surface area (Å²) in [5.74, 6) is 1.33. The maximum absolute atomic E-state index is 13.7. The van der Waals surface area contributed by atoms with E-state index in [4.69, 9.17) is 9.51 Å². The Bertz CT molecular complexity index is 846. The fourth-order valence-corrected chi connectivity index (χ4v) is 4.17. The number of carbonyl (C=O) groups is 1. The zero-order valence-corrected chi connectivity index (χ0v) is 15.7. The molecule has 26 heavy (non-hydrogen) atoms. The van der Waals surface area contributed by atoms with Crippen LogP contribution in [-0.2, 0) is 6.42 Å². The molecule has 0 bridgehead atoms. The van der Waals surface area contributed by atoms with E-state index in [0.29, 0.717) is 29.6 Å². The van der Waals surface area contributed by atoms with Crippen molar-refractivity contribution in [1.82, 2.24) is 15.0 Å². The van der Waals surface area contributed by atoms with Crippen LogP contribution >= 0.6 is 0 Å². The van der Waals surface area contributed by atoms with Crippen molar-refractivity contribution in [2.24, 2.45) is 5.92 Å². The molecule has 1 atom stereocenters. The van der Waals surface area contributed by atoms with E-state index in [1.165, 1.54) is 12.8 Å². The number of aromatic nitrogens is 2. The first-order valence-corrected chi connectivity index (χ1v) is 10.3. The molecule has 0 unspecified atom stereocenters. The van der Waals surface area contributed by atoms with Gasteiger partial charge in [0.1, 0.15) is 0 Å². The Balaban J connectivity index is 1.60. The first-order chi connectivity index (χ1) is 12.7. The molecular formula is C21H27N3O2. The van der Waals surface area contributed by atoms with E-state index < -0.39 is 0 Å². The third-order valence-electron chi connectivity index (χ3n) is 6.17. The molecule has 138 valence electrons. The molecule has 2 aromatic heterocycles. The van der Waals surface area contributed by atoms with Crippen molar-refractivity contribution in [3.63, 3.8) is 0 Å². The lowest BCUT2D eigenvalue weighted by molar-refractivity contribution is 0.0656. The number of pyridine rings is 1. The van der Waals surface area contributed by atoms with Crippen LogP contribution in [0.2, 0.25) is 0 Å². The van der Waals surface area contributed by atoms with Crippen molar-refractivity contribution in [1.29, 1.82) is 0 Å². The summed E-state index contributed by atoms with van der Waals surface area (Å²) in [5, 5.41) is 5.11. The van der Waals surface area contributed by atoms with Crippen molar-refractivity contribution >= 4 is 17.0 Å². The Hall–Kier alpha value is -1.91. The van der Waals surface area contributed by atoms with Crippen LogP contribution in [0.25, 0.3) is 11.1 Å². The highest BCUT2D eigenvalue weighted by atomic mass is 16.5. The molecule has 3 aliphatic rings. The first-order valence-electron chi connectivity index (χ1n) is 10.3. The van der Waals surface area contributed by atoms with E-state index >= 15 is 0 Å². The zero-order valence-electron chi connectivity index (χ0n) is 15.7. The Morgan fingerprint density at radius 3 is 2.65 bits per heavy atom. The van der Waals surface area contributed by atoms with Crippen LogP contribution in [0.1, 0.15) is 86.5 Å². The molecule has 3 aliphatic carbocycles. The standard InChI is InChI=1S/C21H27N3O2/c1-3-4-17-19-16(11-18(14-7-8-14)22-20(19)26-23-17)21(25)24(15-9-10-15)12(2)13-5-6-13/h11-15H,3-10H2,1-2H3/t12-/m1/s1. The molecule has 2 aromatic rings. The van der Waals surface area contributed by atoms with E-state index in [1.54, 1.807) is 0 Å². The second-order valence-corrected chi connectivity index (χ2v) is 8.45. The maximum Gasteiger partial charge on any atom is 0.259 e. The number of carbonyl (C=O) groups excluding carboxylic acids is 1. The van der Waals surface area contributed by atoms with Crippen molar-refractivity contribution in [2.45, 2.75) is 83.2 Å². The Labute approximate surface area is 154 Å². The van der Waals surface area contributed by atoms with Crippen molar-refractivity contribution in [3.05, 3.63) is 23.0 Å². The molecule has 3 fully saturated rings. The van der Waals surface area contributed by atoms with Gasteiger partial charge in [-0.25, -0.2) is 4.98 Å². The van der Waals surface area contributed by atoms with Crippen LogP contribution in [0.15, 0.2) is 10.6 Å². The van der Waals surface area contributed by atoms with Gasteiger partial charge in [0.2, 0.25) is 0 Å². The highest BCUT2D eigenvalue weighted by Gasteiger charge is 2.43. The predicted molar refractivity (Wildman–Crippen MR) is 99.2 cm³/mol. The summed E-state index contributed by atoms with van der Waals surface area (Å²) in [6.07, 6.45) is 8.90. The number of aryl methyl sites for hydroxylation is 1. The van der Waals surface area contributed by atoms with Gasteiger partial charge < -0.3 is 9.42 Å². The van der Waals surface area contributed by atoms with Gasteiger partial charge in [-0.2, -0.15) is 0 Å². The summed E-state index contributed by atoms with van der Waals surface area (Å²) in [4.78, 5) is 20.6. The molecule has 3 saturated carbocycles. The van der Waals surface area contributed by atoms with Gasteiger partial charge in [0.05, 0.1) is 16.6 Å². The Morgan fingerprint density at radius 1 is 1.27 bits per heavy atom. The van der Waals surface area contributed by atoms with Crippen LogP contribution in [0, 0.1) is 5.92 Å². The number of hydrogen-bond acceptors (Lipinski definition) is 4. The molecular weight excluding hydrogens is 326 g/mol. The second kappa shape index (κ2) is 6.07. The minimum absolute atomic E-state index is 0.168. The third kappa shape index (κ3) is 2.81. The highest BCUT2D eigenvalue weighted by molar-refractivity contribution is 6.06. The fourth-order valence-electron chi connectivity index (χ4n) is 4.17. The molecule has 0 aromatic carbocycles. The summed E-state index contributed by atoms with van der Waals surface area (Å²) in [6, 6.07) is 2.80. The minimum Gasteiger partial charge on any atom is -0.336 e. The topological polar surface area (TPSA) is 59.2 Å². The molecule has 0 N–H and O–H groups in total. The van der Waals surface area contributed by atoms with Crippen LogP contribution in [0.3, 0.4) is 0 Å². The van der Waals surface area contributed by atoms with Crippen LogP contribution in [0.4, 0.5) is 0 Å². The van der Waals surface area contributed by atoms with Crippen LogP contribution in [0.5, 0.6) is 0 Å². The molecule has 1 amide bonds. The number of amides is 1. The molecule has 5 heteroatoms. The zero-order chi connectivity index (χ0) is 17.8. The third-order valence-corrected chi connectivity index (χ3v) is 6.17. The van der Waals surface area contributed by atoms with Gasteiger partial charge in [0.25, 0.3) is 11.6 Å². The van der Waals surface area contributed by atoms with E-state index in [-0.39, 0.29) is 5.91 Å². The van der Waals surface area contributed by atoms with Crippen LogP contribution < -0.4 is 0 Å². The van der Waals surface area contributed by atoms with Crippen LogP contribution in [-0.4, -0.2) is 33.0 Å². The van der Waals surface area contributed by atoms with E-state index in [1.807, 2.05) is 6.07 Å². The molecule has 0 aliphatic heterocycles. The number of fused-ring (bicyclic) bond motifs is 1. The summed E-state index contributed by atoms with van der Waals surface area (Å²) in [5.41, 5.74) is 3.22. The monoisotopic (exact) mass is 353 g/mol. The normalized spacial score (nSPS) is 21.2. The minimum atomic E-state index is 0.168. The van der Waals surface area contributed by atoms with Gasteiger partial charge in [0, 0.05) is 23.7 Å². The summed E-state index contributed by atoms with van der Waals surface area (Å²) >= 11 is 0. The molecule has 5 nitrogen and oxygen atoms in total. The summed E-state index contributed by atoms with van der Waals surface area (Å²) in [7, 11) is 0. The lowest BCUT2D eigenvalue weighted by Crippen LogP contribution is -2.41. The molecule has 0 spiro atoms. The largest absolute Gasteiger partial charge is 0.336 e. The van der Waals surface area contributed by atoms with Gasteiger partial charge in [-0.3, -0.25) is 4.79 Å². The average Bonchev–Trinajstić information content (AvgIpc) is 3.49. The van der Waals surface area contributed by atoms with Crippen molar-refractivity contribution < 1.29 is 9.32 Å². The first kappa shape index (κ1) is 16.3. The number of rotatable bonds is 7. The van der Waals surface area contributed by atoms with E-state index in [2.05, 4.69) is 23.9 Å². The smallest absolute Gasteiger partial charge is 0.259 e. The molecule has 2 heterocycles. The number of hydrogen-bond donors (Lipinski definition) is 0. The maximum atomic E-state index is 13.7. The van der Waals surface area contributed by atoms with Gasteiger partial charge in [-0.1, -0.05) is 18.5 Å². The predicted octanol–water partition coefficient (Wildman–Crippen LogP) is 4.46. The SMILES string of the molecule is CCCc1noc2nc(C3CC3)cc(C(=O)N(C3CC3)[C@H](C)C3CC3)c12. The average molecular weight is 353 g/mol. The van der Waals surface area contributed by atoms with Gasteiger partial charge in [-0.15, -0.1) is 0 Å². The summed E-state index contributed by atoms with van der Waals surface area (Å²) in [6.45, 7) is 4.36. The van der Waals surface area contributed by atoms with Gasteiger partial charge >= 0.3 is 0 Å². The molecule has 0 saturated heterocycles. The quantitative estimate of drug-likeness (QED) is 0.737. The summed E-state index contributed by atoms with van der Waals surface area (Å²) < 4.78 is 5.56.